The molecule has 0 unspecified atom stereocenters. The number of carbonyl (C=O) groups is 2. The molecule has 0 aliphatic carbocycles. The van der Waals surface area contributed by atoms with Crippen molar-refractivity contribution in [1.82, 2.24) is 9.97 Å². The van der Waals surface area contributed by atoms with Gasteiger partial charge in [-0.3, -0.25) is 14.5 Å². The number of fused-ring (bicyclic) bond motifs is 2. The van der Waals surface area contributed by atoms with E-state index in [2.05, 4.69) is 15.2 Å². The molecule has 152 valence electrons. The molecule has 0 bridgehead atoms. The maximum Gasteiger partial charge on any atom is 0.265 e. The van der Waals surface area contributed by atoms with Gasteiger partial charge in [0.25, 0.3) is 5.91 Å². The predicted octanol–water partition coefficient (Wildman–Crippen LogP) is 2.59. The molecule has 5 rings (SSSR count). The summed E-state index contributed by atoms with van der Waals surface area (Å²) >= 11 is 0. The first-order valence-corrected chi connectivity index (χ1v) is 10.0. The van der Waals surface area contributed by atoms with Gasteiger partial charge in [0, 0.05) is 13.1 Å². The Morgan fingerprint density at radius 3 is 2.50 bits per heavy atom. The van der Waals surface area contributed by atoms with Crippen LogP contribution in [0.4, 0.5) is 17.3 Å². The van der Waals surface area contributed by atoms with Crippen molar-refractivity contribution in [2.24, 2.45) is 0 Å². The third-order valence-corrected chi connectivity index (χ3v) is 5.33. The maximum atomic E-state index is 12.9. The molecule has 0 spiro atoms. The van der Waals surface area contributed by atoms with E-state index < -0.39 is 0 Å². The SMILES string of the molecule is O=C(CN1C(=O)COc2ccccc21)Nc1nc2ccccc2nc1N1CCCC1. The average Bonchev–Trinajstić information content (AvgIpc) is 3.30. The van der Waals surface area contributed by atoms with Crippen molar-refractivity contribution >= 4 is 40.2 Å². The fourth-order valence-electron chi connectivity index (χ4n) is 3.87. The number of amides is 2. The predicted molar refractivity (Wildman–Crippen MR) is 114 cm³/mol. The van der Waals surface area contributed by atoms with Gasteiger partial charge in [0.05, 0.1) is 16.7 Å². The molecule has 8 nitrogen and oxygen atoms in total. The molecular formula is C22H21N5O3. The van der Waals surface area contributed by atoms with Crippen LogP contribution in [0.25, 0.3) is 11.0 Å². The van der Waals surface area contributed by atoms with E-state index in [1.165, 1.54) is 4.90 Å². The number of hydrogen-bond donors (Lipinski definition) is 1. The largest absolute Gasteiger partial charge is 0.482 e. The first-order valence-electron chi connectivity index (χ1n) is 10.0. The Hall–Kier alpha value is -3.68. The lowest BCUT2D eigenvalue weighted by Gasteiger charge is -2.28. The van der Waals surface area contributed by atoms with Gasteiger partial charge in [-0.15, -0.1) is 0 Å². The van der Waals surface area contributed by atoms with E-state index in [1.54, 1.807) is 12.1 Å². The van der Waals surface area contributed by atoms with E-state index in [9.17, 15) is 9.59 Å². The van der Waals surface area contributed by atoms with Crippen molar-refractivity contribution in [3.05, 3.63) is 48.5 Å². The lowest BCUT2D eigenvalue weighted by Crippen LogP contribution is -2.43. The lowest BCUT2D eigenvalue weighted by molar-refractivity contribution is -0.123. The zero-order chi connectivity index (χ0) is 20.5. The van der Waals surface area contributed by atoms with Gasteiger partial charge in [0.1, 0.15) is 12.3 Å². The third kappa shape index (κ3) is 3.41. The van der Waals surface area contributed by atoms with E-state index in [0.717, 1.165) is 31.4 Å². The number of anilines is 3. The second-order valence-electron chi connectivity index (χ2n) is 7.36. The zero-order valence-corrected chi connectivity index (χ0v) is 16.4. The van der Waals surface area contributed by atoms with Gasteiger partial charge in [-0.05, 0) is 37.1 Å². The van der Waals surface area contributed by atoms with Crippen LogP contribution in [0, 0.1) is 0 Å². The van der Waals surface area contributed by atoms with Gasteiger partial charge in [0.15, 0.2) is 18.2 Å². The average molecular weight is 403 g/mol. The highest BCUT2D eigenvalue weighted by molar-refractivity contribution is 6.05. The zero-order valence-electron chi connectivity index (χ0n) is 16.4. The quantitative estimate of drug-likeness (QED) is 0.721. The molecule has 1 aromatic heterocycles. The van der Waals surface area contributed by atoms with Gasteiger partial charge in [-0.1, -0.05) is 24.3 Å². The van der Waals surface area contributed by atoms with Crippen molar-refractivity contribution in [2.45, 2.75) is 12.8 Å². The van der Waals surface area contributed by atoms with Crippen LogP contribution < -0.4 is 19.9 Å². The van der Waals surface area contributed by atoms with E-state index >= 15 is 0 Å². The highest BCUT2D eigenvalue weighted by Gasteiger charge is 2.28. The van der Waals surface area contributed by atoms with Crippen molar-refractivity contribution in [3.8, 4) is 5.75 Å². The minimum atomic E-state index is -0.329. The molecule has 1 fully saturated rings. The molecule has 8 heteroatoms. The first kappa shape index (κ1) is 18.4. The van der Waals surface area contributed by atoms with Crippen molar-refractivity contribution in [3.63, 3.8) is 0 Å². The second-order valence-corrected chi connectivity index (χ2v) is 7.36. The fraction of sp³-hybridized carbons (Fsp3) is 0.273. The highest BCUT2D eigenvalue weighted by atomic mass is 16.5. The molecule has 2 aliphatic rings. The maximum absolute atomic E-state index is 12.9. The Bertz CT molecular complexity index is 1130. The summed E-state index contributed by atoms with van der Waals surface area (Å²) in [5.41, 5.74) is 2.09. The monoisotopic (exact) mass is 403 g/mol. The number of nitrogens with zero attached hydrogens (tertiary/aromatic N) is 4. The van der Waals surface area contributed by atoms with Crippen LogP contribution in [0.1, 0.15) is 12.8 Å². The van der Waals surface area contributed by atoms with Gasteiger partial charge in [-0.2, -0.15) is 0 Å². The number of carbonyl (C=O) groups excluding carboxylic acids is 2. The smallest absolute Gasteiger partial charge is 0.265 e. The Kier molecular flexibility index (Phi) is 4.66. The minimum Gasteiger partial charge on any atom is -0.482 e. The van der Waals surface area contributed by atoms with Crippen LogP contribution in [0.15, 0.2) is 48.5 Å². The van der Waals surface area contributed by atoms with Crippen LogP contribution in [0.5, 0.6) is 5.75 Å². The standard InChI is InChI=1S/C22H21N5O3/c28-19(13-27-17-9-3-4-10-18(17)30-14-20(27)29)25-21-22(26-11-5-6-12-26)24-16-8-2-1-7-15(16)23-21/h1-4,7-10H,5-6,11-14H2,(H,23,25,28). The summed E-state index contributed by atoms with van der Waals surface area (Å²) < 4.78 is 5.45. The van der Waals surface area contributed by atoms with Crippen LogP contribution in [-0.2, 0) is 9.59 Å². The molecular weight excluding hydrogens is 382 g/mol. The number of aromatic nitrogens is 2. The molecule has 0 saturated carbocycles. The van der Waals surface area contributed by atoms with Crippen molar-refractivity contribution in [1.29, 1.82) is 0 Å². The number of ether oxygens (including phenoxy) is 1. The van der Waals surface area contributed by atoms with Crippen LogP contribution in [0.3, 0.4) is 0 Å². The molecule has 3 heterocycles. The number of nitrogens with one attached hydrogen (secondary N) is 1. The Labute approximate surface area is 173 Å². The highest BCUT2D eigenvalue weighted by Crippen LogP contribution is 2.32. The number of para-hydroxylation sites is 4. The number of benzene rings is 2. The third-order valence-electron chi connectivity index (χ3n) is 5.33. The first-order chi connectivity index (χ1) is 14.7. The lowest BCUT2D eigenvalue weighted by atomic mass is 10.2. The summed E-state index contributed by atoms with van der Waals surface area (Å²) in [6, 6.07) is 14.8. The molecule has 1 saturated heterocycles. The van der Waals surface area contributed by atoms with Crippen molar-refractivity contribution < 1.29 is 14.3 Å². The van der Waals surface area contributed by atoms with Gasteiger partial charge in [-0.25, -0.2) is 9.97 Å². The fourth-order valence-corrected chi connectivity index (χ4v) is 3.87. The Balaban J connectivity index is 1.43. The molecule has 2 amide bonds. The van der Waals surface area contributed by atoms with E-state index in [0.29, 0.717) is 28.6 Å². The summed E-state index contributed by atoms with van der Waals surface area (Å²) in [6.07, 6.45) is 2.17. The van der Waals surface area contributed by atoms with E-state index in [1.807, 2.05) is 36.4 Å². The van der Waals surface area contributed by atoms with Gasteiger partial charge in [0.2, 0.25) is 5.91 Å². The topological polar surface area (TPSA) is 87.7 Å². The van der Waals surface area contributed by atoms with Crippen LogP contribution in [-0.4, -0.2) is 48.0 Å². The van der Waals surface area contributed by atoms with Gasteiger partial charge >= 0.3 is 0 Å². The van der Waals surface area contributed by atoms with Gasteiger partial charge < -0.3 is 15.0 Å². The number of rotatable bonds is 4. The molecule has 0 radical (unpaired) electrons. The number of hydrogen-bond acceptors (Lipinski definition) is 6. The molecule has 2 aliphatic heterocycles. The molecule has 2 aromatic carbocycles. The summed E-state index contributed by atoms with van der Waals surface area (Å²) in [6.45, 7) is 1.56. The Morgan fingerprint density at radius 2 is 1.70 bits per heavy atom. The molecule has 30 heavy (non-hydrogen) atoms. The summed E-state index contributed by atoms with van der Waals surface area (Å²) in [7, 11) is 0. The second kappa shape index (κ2) is 7.62. The summed E-state index contributed by atoms with van der Waals surface area (Å²) in [4.78, 5) is 38.3. The summed E-state index contributed by atoms with van der Waals surface area (Å²) in [5.74, 6) is 1.11. The minimum absolute atomic E-state index is 0.0842. The normalized spacial score (nSPS) is 15.8. The van der Waals surface area contributed by atoms with Crippen LogP contribution in [0.2, 0.25) is 0 Å². The van der Waals surface area contributed by atoms with Crippen LogP contribution >= 0.6 is 0 Å². The van der Waals surface area contributed by atoms with Crippen molar-refractivity contribution in [2.75, 3.05) is 41.4 Å². The van der Waals surface area contributed by atoms with E-state index in [-0.39, 0.29) is 25.0 Å². The molecule has 1 N–H and O–H groups in total. The molecule has 0 atom stereocenters. The Morgan fingerprint density at radius 1 is 1.00 bits per heavy atom. The molecule has 3 aromatic rings. The van der Waals surface area contributed by atoms with E-state index in [4.69, 9.17) is 9.72 Å². The summed E-state index contributed by atoms with van der Waals surface area (Å²) in [5, 5.41) is 2.89.